The van der Waals surface area contributed by atoms with Crippen LogP contribution in [0.4, 0.5) is 0 Å². The lowest BCUT2D eigenvalue weighted by Crippen LogP contribution is -2.42. The van der Waals surface area contributed by atoms with Gasteiger partial charge in [-0.1, -0.05) is 6.92 Å². The topological polar surface area (TPSA) is 75.4 Å². The van der Waals surface area contributed by atoms with Crippen LogP contribution in [0.2, 0.25) is 0 Å². The van der Waals surface area contributed by atoms with E-state index in [1.165, 1.54) is 4.90 Å². The van der Waals surface area contributed by atoms with Gasteiger partial charge in [0.25, 0.3) is 5.91 Å². The van der Waals surface area contributed by atoms with Crippen molar-refractivity contribution in [3.05, 3.63) is 17.5 Å². The van der Waals surface area contributed by atoms with Gasteiger partial charge in [0.2, 0.25) is 0 Å². The number of carboxylic acids is 1. The van der Waals surface area contributed by atoms with Gasteiger partial charge in [-0.2, -0.15) is 5.10 Å². The minimum absolute atomic E-state index is 0.145. The third-order valence-electron chi connectivity index (χ3n) is 3.43. The molecule has 6 heteroatoms. The molecule has 0 fully saturated rings. The van der Waals surface area contributed by atoms with Gasteiger partial charge in [0, 0.05) is 11.7 Å². The first-order valence-electron chi connectivity index (χ1n) is 7.17. The van der Waals surface area contributed by atoms with Crippen molar-refractivity contribution in [2.75, 3.05) is 6.54 Å². The maximum Gasteiger partial charge on any atom is 0.323 e. The van der Waals surface area contributed by atoms with Crippen LogP contribution in [0.15, 0.2) is 6.07 Å². The number of hydrogen-bond acceptors (Lipinski definition) is 3. The molecule has 1 aromatic rings. The minimum Gasteiger partial charge on any atom is -0.480 e. The molecule has 0 saturated heterocycles. The first kappa shape index (κ1) is 17.2. The summed E-state index contributed by atoms with van der Waals surface area (Å²) in [6.45, 7) is 11.4. The molecule has 0 radical (unpaired) electrons. The highest BCUT2D eigenvalue weighted by Crippen LogP contribution is 2.18. The van der Waals surface area contributed by atoms with Crippen molar-refractivity contribution in [3.8, 4) is 0 Å². The zero-order chi connectivity index (χ0) is 16.4. The van der Waals surface area contributed by atoms with Gasteiger partial charge in [0.05, 0.1) is 5.54 Å². The van der Waals surface area contributed by atoms with E-state index in [9.17, 15) is 9.59 Å². The number of aliphatic carboxylic acids is 1. The molecule has 1 rings (SSSR count). The lowest BCUT2D eigenvalue weighted by molar-refractivity contribution is -0.138. The van der Waals surface area contributed by atoms with Crippen LogP contribution in [-0.2, 0) is 10.3 Å². The summed E-state index contributed by atoms with van der Waals surface area (Å²) < 4.78 is 1.79. The first-order chi connectivity index (χ1) is 9.57. The Morgan fingerprint density at radius 3 is 2.38 bits per heavy atom. The standard InChI is InChI=1S/C15H25N3O3/c1-7-10(2)17(9-13(19)20)14(21)12-8-11(3)18(16-12)15(4,5)6/h8,10H,7,9H2,1-6H3,(H,19,20)/t10-/m0/s1. The molecule has 0 aliphatic carbocycles. The fourth-order valence-corrected chi connectivity index (χ4v) is 2.20. The van der Waals surface area contributed by atoms with Gasteiger partial charge in [0.1, 0.15) is 6.54 Å². The van der Waals surface area contributed by atoms with Crippen molar-refractivity contribution in [2.24, 2.45) is 0 Å². The van der Waals surface area contributed by atoms with Crippen LogP contribution >= 0.6 is 0 Å². The Morgan fingerprint density at radius 2 is 2.00 bits per heavy atom. The molecule has 0 aromatic carbocycles. The van der Waals surface area contributed by atoms with Crippen LogP contribution < -0.4 is 0 Å². The number of nitrogens with zero attached hydrogens (tertiary/aromatic N) is 3. The van der Waals surface area contributed by atoms with Crippen LogP contribution in [-0.4, -0.2) is 44.3 Å². The van der Waals surface area contributed by atoms with Crippen LogP contribution in [0, 0.1) is 6.92 Å². The minimum atomic E-state index is -1.02. The first-order valence-corrected chi connectivity index (χ1v) is 7.17. The second-order valence-corrected chi connectivity index (χ2v) is 6.34. The maximum atomic E-state index is 12.6. The Hall–Kier alpha value is -1.85. The van der Waals surface area contributed by atoms with Crippen LogP contribution in [0.25, 0.3) is 0 Å². The molecule has 0 aliphatic heterocycles. The van der Waals surface area contributed by atoms with Gasteiger partial charge < -0.3 is 10.0 Å². The zero-order valence-corrected chi connectivity index (χ0v) is 13.7. The van der Waals surface area contributed by atoms with Crippen LogP contribution in [0.1, 0.15) is 57.2 Å². The van der Waals surface area contributed by atoms with Gasteiger partial charge in [-0.15, -0.1) is 0 Å². The SMILES string of the molecule is CC[C@H](C)N(CC(=O)O)C(=O)c1cc(C)n(C(C)(C)C)n1. The number of aryl methyl sites for hydroxylation is 1. The van der Waals surface area contributed by atoms with Crippen molar-refractivity contribution in [1.82, 2.24) is 14.7 Å². The maximum absolute atomic E-state index is 12.6. The normalized spacial score (nSPS) is 13.0. The smallest absolute Gasteiger partial charge is 0.323 e. The van der Waals surface area contributed by atoms with Gasteiger partial charge in [-0.05, 0) is 47.1 Å². The molecule has 0 aliphatic rings. The quantitative estimate of drug-likeness (QED) is 0.904. The summed E-state index contributed by atoms with van der Waals surface area (Å²) in [5.41, 5.74) is 0.950. The Morgan fingerprint density at radius 1 is 1.43 bits per heavy atom. The molecule has 0 unspecified atom stereocenters. The summed E-state index contributed by atoms with van der Waals surface area (Å²) in [7, 11) is 0. The highest BCUT2D eigenvalue weighted by atomic mass is 16.4. The van der Waals surface area contributed by atoms with Gasteiger partial charge in [0.15, 0.2) is 5.69 Å². The van der Waals surface area contributed by atoms with Crippen molar-refractivity contribution < 1.29 is 14.7 Å². The lowest BCUT2D eigenvalue weighted by Gasteiger charge is -2.26. The summed E-state index contributed by atoms with van der Waals surface area (Å²) >= 11 is 0. The third-order valence-corrected chi connectivity index (χ3v) is 3.43. The summed E-state index contributed by atoms with van der Waals surface area (Å²) in [5, 5.41) is 13.4. The van der Waals surface area contributed by atoms with Crippen LogP contribution in [0.5, 0.6) is 0 Å². The van der Waals surface area contributed by atoms with Crippen LogP contribution in [0.3, 0.4) is 0 Å². The molecular weight excluding hydrogens is 270 g/mol. The fraction of sp³-hybridized carbons (Fsp3) is 0.667. The summed E-state index contributed by atoms with van der Waals surface area (Å²) in [6, 6.07) is 1.57. The summed E-state index contributed by atoms with van der Waals surface area (Å²) in [5.74, 6) is -1.35. The molecule has 1 heterocycles. The number of carbonyl (C=O) groups is 2. The molecule has 1 N–H and O–H groups in total. The average Bonchev–Trinajstić information content (AvgIpc) is 2.76. The second kappa shape index (κ2) is 6.28. The Labute approximate surface area is 125 Å². The van der Waals surface area contributed by atoms with E-state index in [0.717, 1.165) is 5.69 Å². The van der Waals surface area contributed by atoms with Gasteiger partial charge in [-0.25, -0.2) is 0 Å². The third kappa shape index (κ3) is 4.06. The van der Waals surface area contributed by atoms with Crippen molar-refractivity contribution >= 4 is 11.9 Å². The predicted octanol–water partition coefficient (Wildman–Crippen LogP) is 2.27. The Kier molecular flexibility index (Phi) is 5.15. The van der Waals surface area contributed by atoms with Gasteiger partial charge in [-0.3, -0.25) is 14.3 Å². The van der Waals surface area contributed by atoms with E-state index in [4.69, 9.17) is 5.11 Å². The molecular formula is C15H25N3O3. The number of amides is 1. The molecule has 1 atom stereocenters. The molecule has 0 bridgehead atoms. The molecule has 6 nitrogen and oxygen atoms in total. The number of carbonyl (C=O) groups excluding carboxylic acids is 1. The number of aromatic nitrogens is 2. The van der Waals surface area contributed by atoms with E-state index in [2.05, 4.69) is 5.10 Å². The highest BCUT2D eigenvalue weighted by Gasteiger charge is 2.27. The fourth-order valence-electron chi connectivity index (χ4n) is 2.20. The molecule has 0 saturated carbocycles. The molecule has 118 valence electrons. The molecule has 1 amide bonds. The number of hydrogen-bond donors (Lipinski definition) is 1. The Bertz CT molecular complexity index is 529. The summed E-state index contributed by atoms with van der Waals surface area (Å²) in [6.07, 6.45) is 0.692. The van der Waals surface area contributed by atoms with E-state index in [-0.39, 0.29) is 24.0 Å². The van der Waals surface area contributed by atoms with Crippen molar-refractivity contribution in [3.63, 3.8) is 0 Å². The predicted molar refractivity (Wildman–Crippen MR) is 80.4 cm³/mol. The largest absolute Gasteiger partial charge is 0.480 e. The van der Waals surface area contributed by atoms with E-state index >= 15 is 0 Å². The average molecular weight is 295 g/mol. The summed E-state index contributed by atoms with van der Waals surface area (Å²) in [4.78, 5) is 24.9. The zero-order valence-electron chi connectivity index (χ0n) is 13.7. The second-order valence-electron chi connectivity index (χ2n) is 6.34. The van der Waals surface area contributed by atoms with E-state index in [1.54, 1.807) is 10.7 Å². The van der Waals surface area contributed by atoms with Crippen molar-refractivity contribution in [2.45, 2.75) is 59.5 Å². The highest BCUT2D eigenvalue weighted by molar-refractivity contribution is 5.94. The molecule has 0 spiro atoms. The van der Waals surface area contributed by atoms with Crippen molar-refractivity contribution in [1.29, 1.82) is 0 Å². The number of carboxylic acid groups (broad SMARTS) is 1. The number of rotatable bonds is 5. The van der Waals surface area contributed by atoms with E-state index in [1.807, 2.05) is 41.5 Å². The van der Waals surface area contributed by atoms with Gasteiger partial charge >= 0.3 is 5.97 Å². The van der Waals surface area contributed by atoms with E-state index < -0.39 is 5.97 Å². The Balaban J connectivity index is 3.12. The molecule has 21 heavy (non-hydrogen) atoms. The monoisotopic (exact) mass is 295 g/mol. The lowest BCUT2D eigenvalue weighted by atomic mass is 10.1. The molecule has 1 aromatic heterocycles. The van der Waals surface area contributed by atoms with E-state index in [0.29, 0.717) is 12.1 Å².